The third-order valence-corrected chi connectivity index (χ3v) is 4.46. The van der Waals surface area contributed by atoms with Gasteiger partial charge in [-0.05, 0) is 12.5 Å². The number of benzene rings is 1. The number of non-ortho nitro benzene ring substituents is 1. The zero-order valence-electron chi connectivity index (χ0n) is 17.3. The minimum atomic E-state index is -0.659. The first-order chi connectivity index (χ1) is 14.1. The number of nitrogens with zero attached hydrogens (tertiary/aromatic N) is 2. The van der Waals surface area contributed by atoms with Gasteiger partial charge in [-0.3, -0.25) is 20.2 Å². The SMILES string of the molecule is CCCCCCCCCCOCCOCCNc1ccc([N+](=O)[O-])cc1[N+](=O)[O-]. The highest BCUT2D eigenvalue weighted by atomic mass is 16.6. The van der Waals surface area contributed by atoms with Gasteiger partial charge < -0.3 is 14.8 Å². The zero-order valence-corrected chi connectivity index (χ0v) is 17.3. The molecule has 164 valence electrons. The van der Waals surface area contributed by atoms with Crippen molar-refractivity contribution in [3.05, 3.63) is 38.4 Å². The van der Waals surface area contributed by atoms with E-state index in [9.17, 15) is 20.2 Å². The fraction of sp³-hybridized carbons (Fsp3) is 0.700. The van der Waals surface area contributed by atoms with Crippen molar-refractivity contribution < 1.29 is 19.3 Å². The Bertz CT molecular complexity index is 612. The van der Waals surface area contributed by atoms with E-state index >= 15 is 0 Å². The van der Waals surface area contributed by atoms with Gasteiger partial charge in [0.25, 0.3) is 11.4 Å². The molecule has 0 unspecified atom stereocenters. The monoisotopic (exact) mass is 411 g/mol. The minimum absolute atomic E-state index is 0.232. The van der Waals surface area contributed by atoms with E-state index < -0.39 is 9.85 Å². The third-order valence-electron chi connectivity index (χ3n) is 4.46. The van der Waals surface area contributed by atoms with E-state index in [2.05, 4.69) is 12.2 Å². The van der Waals surface area contributed by atoms with Crippen LogP contribution in [0.4, 0.5) is 17.1 Å². The van der Waals surface area contributed by atoms with Gasteiger partial charge in [0.1, 0.15) is 5.69 Å². The van der Waals surface area contributed by atoms with Gasteiger partial charge in [-0.2, -0.15) is 0 Å². The van der Waals surface area contributed by atoms with E-state index in [1.165, 1.54) is 57.1 Å². The van der Waals surface area contributed by atoms with Crippen LogP contribution in [0.1, 0.15) is 58.3 Å². The van der Waals surface area contributed by atoms with Gasteiger partial charge in [-0.1, -0.05) is 51.9 Å². The molecule has 1 aromatic rings. The molecule has 0 saturated heterocycles. The molecule has 9 nitrogen and oxygen atoms in total. The Morgan fingerprint density at radius 2 is 1.45 bits per heavy atom. The maximum Gasteiger partial charge on any atom is 0.299 e. The van der Waals surface area contributed by atoms with Gasteiger partial charge in [0.05, 0.1) is 35.7 Å². The first kappa shape index (κ1) is 24.8. The molecule has 0 saturated carbocycles. The quantitative estimate of drug-likeness (QED) is 0.203. The van der Waals surface area contributed by atoms with Crippen LogP contribution in [0.5, 0.6) is 0 Å². The van der Waals surface area contributed by atoms with Crippen LogP contribution in [0.25, 0.3) is 0 Å². The molecule has 0 spiro atoms. The number of ether oxygens (including phenoxy) is 2. The zero-order chi connectivity index (χ0) is 21.3. The molecule has 0 amide bonds. The lowest BCUT2D eigenvalue weighted by Gasteiger charge is -2.08. The molecule has 1 rings (SSSR count). The summed E-state index contributed by atoms with van der Waals surface area (Å²) >= 11 is 0. The molecule has 0 fully saturated rings. The summed E-state index contributed by atoms with van der Waals surface area (Å²) in [6.07, 6.45) is 10.1. The lowest BCUT2D eigenvalue weighted by atomic mass is 10.1. The molecule has 1 N–H and O–H groups in total. The van der Waals surface area contributed by atoms with Crippen LogP contribution in [0.15, 0.2) is 18.2 Å². The van der Waals surface area contributed by atoms with Crippen molar-refractivity contribution in [1.82, 2.24) is 0 Å². The summed E-state index contributed by atoms with van der Waals surface area (Å²) in [5.74, 6) is 0. The fourth-order valence-electron chi connectivity index (χ4n) is 2.85. The molecule has 0 atom stereocenters. The highest BCUT2D eigenvalue weighted by molar-refractivity contribution is 5.65. The lowest BCUT2D eigenvalue weighted by molar-refractivity contribution is -0.393. The molecule has 1 aromatic carbocycles. The predicted octanol–water partition coefficient (Wildman–Crippen LogP) is 5.09. The number of rotatable bonds is 18. The third kappa shape index (κ3) is 11.4. The number of unbranched alkanes of at least 4 members (excludes halogenated alkanes) is 7. The summed E-state index contributed by atoms with van der Waals surface area (Å²) < 4.78 is 11.0. The van der Waals surface area contributed by atoms with Gasteiger partial charge in [0.2, 0.25) is 0 Å². The van der Waals surface area contributed by atoms with Crippen molar-refractivity contribution in [2.75, 3.05) is 38.3 Å². The van der Waals surface area contributed by atoms with E-state index in [0.717, 1.165) is 19.1 Å². The highest BCUT2D eigenvalue weighted by Gasteiger charge is 2.18. The van der Waals surface area contributed by atoms with E-state index in [-0.39, 0.29) is 17.1 Å². The largest absolute Gasteiger partial charge is 0.379 e. The topological polar surface area (TPSA) is 117 Å². The first-order valence-electron chi connectivity index (χ1n) is 10.4. The number of hydrogen-bond acceptors (Lipinski definition) is 7. The van der Waals surface area contributed by atoms with Gasteiger partial charge in [-0.25, -0.2) is 0 Å². The Hall–Kier alpha value is -2.26. The van der Waals surface area contributed by atoms with Crippen molar-refractivity contribution >= 4 is 17.1 Å². The van der Waals surface area contributed by atoms with Crippen molar-refractivity contribution in [2.45, 2.75) is 58.3 Å². The average molecular weight is 411 g/mol. The van der Waals surface area contributed by atoms with Crippen LogP contribution in [0.2, 0.25) is 0 Å². The number of nitro groups is 2. The number of nitrogens with one attached hydrogen (secondary N) is 1. The molecular formula is C20H33N3O6. The summed E-state index contributed by atoms with van der Waals surface area (Å²) in [6, 6.07) is 3.51. The standard InChI is InChI=1S/C20H33N3O6/c1-2-3-4-5-6-7-8-9-13-28-15-16-29-14-12-21-19-11-10-18(22(24)25)17-20(19)23(26)27/h10-11,17,21H,2-9,12-16H2,1H3. The molecule has 0 aliphatic carbocycles. The van der Waals surface area contributed by atoms with Gasteiger partial charge >= 0.3 is 0 Å². The molecule has 9 heteroatoms. The smallest absolute Gasteiger partial charge is 0.299 e. The second-order valence-electron chi connectivity index (χ2n) is 6.84. The summed E-state index contributed by atoms with van der Waals surface area (Å²) in [5.41, 5.74) is -0.407. The van der Waals surface area contributed by atoms with Crippen LogP contribution >= 0.6 is 0 Å². The van der Waals surface area contributed by atoms with Crippen molar-refractivity contribution in [1.29, 1.82) is 0 Å². The van der Waals surface area contributed by atoms with E-state index in [0.29, 0.717) is 26.4 Å². The Balaban J connectivity index is 2.03. The van der Waals surface area contributed by atoms with Gasteiger partial charge in [0.15, 0.2) is 0 Å². The Morgan fingerprint density at radius 3 is 2.07 bits per heavy atom. The normalized spacial score (nSPS) is 10.8. The van der Waals surface area contributed by atoms with E-state index in [1.807, 2.05) is 0 Å². The molecule has 0 bridgehead atoms. The van der Waals surface area contributed by atoms with E-state index in [1.54, 1.807) is 0 Å². The van der Waals surface area contributed by atoms with Crippen LogP contribution in [-0.4, -0.2) is 42.8 Å². The molecule has 0 aliphatic rings. The predicted molar refractivity (Wildman–Crippen MR) is 112 cm³/mol. The average Bonchev–Trinajstić information content (AvgIpc) is 2.70. The lowest BCUT2D eigenvalue weighted by Crippen LogP contribution is -2.13. The van der Waals surface area contributed by atoms with Crippen molar-refractivity contribution in [2.24, 2.45) is 0 Å². The highest BCUT2D eigenvalue weighted by Crippen LogP contribution is 2.28. The second kappa shape index (κ2) is 15.6. The molecule has 0 radical (unpaired) electrons. The fourth-order valence-corrected chi connectivity index (χ4v) is 2.85. The molecule has 29 heavy (non-hydrogen) atoms. The Morgan fingerprint density at radius 1 is 0.828 bits per heavy atom. The van der Waals surface area contributed by atoms with Crippen LogP contribution in [-0.2, 0) is 9.47 Å². The number of hydrogen-bond donors (Lipinski definition) is 1. The van der Waals surface area contributed by atoms with E-state index in [4.69, 9.17) is 9.47 Å². The molecular weight excluding hydrogens is 378 g/mol. The molecule has 0 aromatic heterocycles. The maximum atomic E-state index is 11.1. The Kier molecular flexibility index (Phi) is 13.4. The van der Waals surface area contributed by atoms with Gasteiger partial charge in [-0.15, -0.1) is 0 Å². The van der Waals surface area contributed by atoms with Crippen LogP contribution < -0.4 is 5.32 Å². The number of anilines is 1. The maximum absolute atomic E-state index is 11.1. The van der Waals surface area contributed by atoms with Crippen LogP contribution in [0.3, 0.4) is 0 Å². The first-order valence-corrected chi connectivity index (χ1v) is 10.4. The molecule has 0 aliphatic heterocycles. The summed E-state index contributed by atoms with van der Waals surface area (Å²) in [4.78, 5) is 20.5. The van der Waals surface area contributed by atoms with Crippen molar-refractivity contribution in [3.8, 4) is 0 Å². The van der Waals surface area contributed by atoms with Crippen LogP contribution in [0, 0.1) is 20.2 Å². The number of nitro benzene ring substituents is 2. The minimum Gasteiger partial charge on any atom is -0.379 e. The molecule has 0 heterocycles. The summed E-state index contributed by atoms with van der Waals surface area (Å²) in [7, 11) is 0. The Labute approximate surface area is 172 Å². The van der Waals surface area contributed by atoms with Crippen molar-refractivity contribution in [3.63, 3.8) is 0 Å². The summed E-state index contributed by atoms with van der Waals surface area (Å²) in [5, 5.41) is 24.7. The van der Waals surface area contributed by atoms with Gasteiger partial charge in [0, 0.05) is 19.2 Å². The summed E-state index contributed by atoms with van der Waals surface area (Å²) in [6.45, 7) is 4.66. The second-order valence-corrected chi connectivity index (χ2v) is 6.84.